The molecule has 9 heteroatoms. The predicted octanol–water partition coefficient (Wildman–Crippen LogP) is 3.50. The van der Waals surface area contributed by atoms with Crippen LogP contribution in [-0.2, 0) is 14.8 Å². The smallest absolute Gasteiger partial charge is 0.258 e. The fraction of sp³-hybridized carbons (Fsp3) is 0.360. The number of aromatic nitrogens is 1. The molecule has 0 atom stereocenters. The normalized spacial score (nSPS) is 17.6. The number of rotatable bonds is 5. The SMILES string of the molecule is O=C(Nc1ccc2ccccc2n1)c1cc(S(=O)(=O)N2CCCCC2)ccc1N1CCOCC1. The van der Waals surface area contributed by atoms with Crippen LogP contribution >= 0.6 is 0 Å². The van der Waals surface area contributed by atoms with Gasteiger partial charge in [-0.25, -0.2) is 13.4 Å². The van der Waals surface area contributed by atoms with Crippen molar-refractivity contribution in [3.05, 3.63) is 60.2 Å². The van der Waals surface area contributed by atoms with Gasteiger partial charge in [0, 0.05) is 37.3 Å². The molecule has 2 aliphatic heterocycles. The first-order valence-electron chi connectivity index (χ1n) is 11.7. The molecular formula is C25H28N4O4S. The summed E-state index contributed by atoms with van der Waals surface area (Å²) < 4.78 is 33.6. The lowest BCUT2D eigenvalue weighted by Crippen LogP contribution is -2.38. The van der Waals surface area contributed by atoms with Crippen molar-refractivity contribution in [2.45, 2.75) is 24.2 Å². The Balaban J connectivity index is 1.50. The molecule has 2 saturated heterocycles. The van der Waals surface area contributed by atoms with Crippen LogP contribution in [0.4, 0.5) is 11.5 Å². The lowest BCUT2D eigenvalue weighted by Gasteiger charge is -2.31. The molecule has 0 aliphatic carbocycles. The quantitative estimate of drug-likeness (QED) is 0.601. The van der Waals surface area contributed by atoms with Crippen LogP contribution in [0.1, 0.15) is 29.6 Å². The zero-order valence-electron chi connectivity index (χ0n) is 18.9. The number of morpholine rings is 1. The number of amides is 1. The third-order valence-electron chi connectivity index (χ3n) is 6.36. The fourth-order valence-corrected chi connectivity index (χ4v) is 6.05. The van der Waals surface area contributed by atoms with Gasteiger partial charge in [-0.2, -0.15) is 4.31 Å². The van der Waals surface area contributed by atoms with Gasteiger partial charge >= 0.3 is 0 Å². The van der Waals surface area contributed by atoms with E-state index in [4.69, 9.17) is 4.74 Å². The van der Waals surface area contributed by atoms with Crippen molar-refractivity contribution in [3.63, 3.8) is 0 Å². The number of hydrogen-bond donors (Lipinski definition) is 1. The minimum absolute atomic E-state index is 0.142. The Bertz CT molecular complexity index is 1300. The van der Waals surface area contributed by atoms with Gasteiger partial charge in [0.05, 0.1) is 29.2 Å². The molecule has 1 N–H and O–H groups in total. The highest BCUT2D eigenvalue weighted by Gasteiger charge is 2.28. The number of nitrogens with one attached hydrogen (secondary N) is 1. The second-order valence-corrected chi connectivity index (χ2v) is 10.5. The first-order chi connectivity index (χ1) is 16.5. The zero-order chi connectivity index (χ0) is 23.5. The molecule has 0 bridgehead atoms. The molecule has 34 heavy (non-hydrogen) atoms. The molecule has 3 heterocycles. The van der Waals surface area contributed by atoms with E-state index in [1.807, 2.05) is 30.3 Å². The molecule has 5 rings (SSSR count). The van der Waals surface area contributed by atoms with E-state index in [0.717, 1.165) is 30.2 Å². The van der Waals surface area contributed by atoms with Crippen LogP contribution in [0.25, 0.3) is 10.9 Å². The van der Waals surface area contributed by atoms with E-state index in [0.29, 0.717) is 56.5 Å². The number of piperidine rings is 1. The van der Waals surface area contributed by atoms with Crippen molar-refractivity contribution < 1.29 is 17.9 Å². The molecular weight excluding hydrogens is 452 g/mol. The van der Waals surface area contributed by atoms with E-state index in [9.17, 15) is 13.2 Å². The molecule has 0 unspecified atom stereocenters. The second kappa shape index (κ2) is 9.69. The third kappa shape index (κ3) is 4.64. The van der Waals surface area contributed by atoms with Crippen molar-refractivity contribution in [3.8, 4) is 0 Å². The standard InChI is InChI=1S/C25H28N4O4S/c30-25(27-24-11-8-19-6-2-3-7-22(19)26-24)21-18-20(34(31,32)29-12-4-1-5-13-29)9-10-23(21)28-14-16-33-17-15-28/h2-3,6-11,18H,1,4-5,12-17H2,(H,26,27,30). The molecule has 1 amide bonds. The number of nitrogens with zero attached hydrogens (tertiary/aromatic N) is 3. The Hall–Kier alpha value is -3.01. The summed E-state index contributed by atoms with van der Waals surface area (Å²) >= 11 is 0. The predicted molar refractivity (Wildman–Crippen MR) is 132 cm³/mol. The van der Waals surface area contributed by atoms with Crippen LogP contribution in [0.2, 0.25) is 0 Å². The highest BCUT2D eigenvalue weighted by Crippen LogP contribution is 2.29. The minimum atomic E-state index is -3.67. The van der Waals surface area contributed by atoms with Crippen LogP contribution < -0.4 is 10.2 Å². The number of benzene rings is 2. The molecule has 1 aromatic heterocycles. The molecule has 0 saturated carbocycles. The monoisotopic (exact) mass is 480 g/mol. The Kier molecular flexibility index (Phi) is 6.49. The van der Waals surface area contributed by atoms with Crippen molar-refractivity contribution in [2.24, 2.45) is 0 Å². The van der Waals surface area contributed by atoms with Gasteiger partial charge in [-0.15, -0.1) is 0 Å². The van der Waals surface area contributed by atoms with Crippen LogP contribution in [-0.4, -0.2) is 63.0 Å². The largest absolute Gasteiger partial charge is 0.378 e. The van der Waals surface area contributed by atoms with E-state index < -0.39 is 10.0 Å². The first kappa shape index (κ1) is 22.8. The number of hydrogen-bond acceptors (Lipinski definition) is 6. The van der Waals surface area contributed by atoms with Crippen LogP contribution in [0, 0.1) is 0 Å². The highest BCUT2D eigenvalue weighted by molar-refractivity contribution is 7.89. The molecule has 2 aromatic carbocycles. The number of anilines is 2. The van der Waals surface area contributed by atoms with Crippen LogP contribution in [0.3, 0.4) is 0 Å². The van der Waals surface area contributed by atoms with Gasteiger partial charge in [0.1, 0.15) is 5.82 Å². The molecule has 3 aromatic rings. The lowest BCUT2D eigenvalue weighted by molar-refractivity contribution is 0.102. The maximum absolute atomic E-state index is 13.5. The number of fused-ring (bicyclic) bond motifs is 1. The Labute approximate surface area is 199 Å². The van der Waals surface area contributed by atoms with Crippen molar-refractivity contribution in [2.75, 3.05) is 49.6 Å². The summed E-state index contributed by atoms with van der Waals surface area (Å²) in [6.45, 7) is 3.40. The maximum atomic E-state index is 13.5. The minimum Gasteiger partial charge on any atom is -0.378 e. The topological polar surface area (TPSA) is 91.8 Å². The average Bonchev–Trinajstić information content (AvgIpc) is 2.89. The van der Waals surface area contributed by atoms with Gasteiger partial charge in [0.15, 0.2) is 0 Å². The fourth-order valence-electron chi connectivity index (χ4n) is 4.51. The van der Waals surface area contributed by atoms with Gasteiger partial charge in [0.25, 0.3) is 5.91 Å². The van der Waals surface area contributed by atoms with Gasteiger partial charge in [0.2, 0.25) is 10.0 Å². The Morgan fingerprint density at radius 2 is 1.68 bits per heavy atom. The number of carbonyl (C=O) groups excluding carboxylic acids is 1. The van der Waals surface area contributed by atoms with Crippen molar-refractivity contribution >= 4 is 38.3 Å². The summed E-state index contributed by atoms with van der Waals surface area (Å²) in [5, 5.41) is 3.85. The Morgan fingerprint density at radius 3 is 2.47 bits per heavy atom. The highest BCUT2D eigenvalue weighted by atomic mass is 32.2. The number of ether oxygens (including phenoxy) is 1. The lowest BCUT2D eigenvalue weighted by atomic mass is 10.1. The van der Waals surface area contributed by atoms with E-state index >= 15 is 0 Å². The van der Waals surface area contributed by atoms with Gasteiger partial charge in [-0.3, -0.25) is 4.79 Å². The Morgan fingerprint density at radius 1 is 0.912 bits per heavy atom. The van der Waals surface area contributed by atoms with Crippen molar-refractivity contribution in [1.82, 2.24) is 9.29 Å². The van der Waals surface area contributed by atoms with E-state index in [-0.39, 0.29) is 10.8 Å². The summed E-state index contributed by atoms with van der Waals surface area (Å²) in [6, 6.07) is 16.2. The number of carbonyl (C=O) groups is 1. The van der Waals surface area contributed by atoms with E-state index in [1.165, 1.54) is 10.4 Å². The number of sulfonamides is 1. The van der Waals surface area contributed by atoms with Crippen LogP contribution in [0.5, 0.6) is 0 Å². The number of pyridine rings is 1. The molecule has 8 nitrogen and oxygen atoms in total. The molecule has 0 spiro atoms. The third-order valence-corrected chi connectivity index (χ3v) is 8.25. The van der Waals surface area contributed by atoms with E-state index in [2.05, 4.69) is 15.2 Å². The first-order valence-corrected chi connectivity index (χ1v) is 13.1. The zero-order valence-corrected chi connectivity index (χ0v) is 19.8. The number of para-hydroxylation sites is 1. The summed E-state index contributed by atoms with van der Waals surface area (Å²) in [7, 11) is -3.67. The van der Waals surface area contributed by atoms with Gasteiger partial charge in [-0.05, 0) is 49.2 Å². The summed E-state index contributed by atoms with van der Waals surface area (Å²) in [5.41, 5.74) is 1.78. The second-order valence-electron chi connectivity index (χ2n) is 8.59. The van der Waals surface area contributed by atoms with Crippen LogP contribution in [0.15, 0.2) is 59.5 Å². The molecule has 2 fully saturated rings. The van der Waals surface area contributed by atoms with E-state index in [1.54, 1.807) is 18.2 Å². The summed E-state index contributed by atoms with van der Waals surface area (Å²) in [5.74, 6) is 0.0286. The van der Waals surface area contributed by atoms with Gasteiger partial charge < -0.3 is 15.0 Å². The molecule has 0 radical (unpaired) electrons. The summed E-state index contributed by atoms with van der Waals surface area (Å²) in [4.78, 5) is 20.2. The maximum Gasteiger partial charge on any atom is 0.258 e. The average molecular weight is 481 g/mol. The summed E-state index contributed by atoms with van der Waals surface area (Å²) in [6.07, 6.45) is 2.74. The van der Waals surface area contributed by atoms with Gasteiger partial charge in [-0.1, -0.05) is 24.6 Å². The van der Waals surface area contributed by atoms with Crippen molar-refractivity contribution in [1.29, 1.82) is 0 Å². The molecule has 2 aliphatic rings. The molecule has 178 valence electrons.